The zero-order valence-corrected chi connectivity index (χ0v) is 10.3. The van der Waals surface area contributed by atoms with E-state index in [1.807, 2.05) is 0 Å². The van der Waals surface area contributed by atoms with Crippen LogP contribution in [0.5, 0.6) is 0 Å². The number of hydrogen-bond donors (Lipinski definition) is 1. The molecule has 1 aliphatic rings. The number of carboxylic acids is 1. The van der Waals surface area contributed by atoms with Crippen LogP contribution in [0.4, 0.5) is 10.1 Å². The molecule has 0 radical (unpaired) electrons. The summed E-state index contributed by atoms with van der Waals surface area (Å²) in [5.41, 5.74) is -0.760. The number of benzene rings is 1. The number of carbonyl (C=O) groups excluding carboxylic acids is 1. The van der Waals surface area contributed by atoms with Crippen LogP contribution in [0.25, 0.3) is 0 Å². The zero-order valence-electron chi connectivity index (χ0n) is 10.3. The van der Waals surface area contributed by atoms with Crippen molar-refractivity contribution < 1.29 is 24.0 Å². The summed E-state index contributed by atoms with van der Waals surface area (Å²) in [5.74, 6) is -2.76. The van der Waals surface area contributed by atoms with Crippen LogP contribution in [0.3, 0.4) is 0 Å². The molecule has 8 heteroatoms. The molecule has 2 rings (SSSR count). The Labute approximate surface area is 112 Å². The number of amides is 1. The largest absolute Gasteiger partial charge is 0.480 e. The lowest BCUT2D eigenvalue weighted by Gasteiger charge is -2.21. The molecule has 1 aromatic carbocycles. The number of nitrogens with zero attached hydrogens (tertiary/aromatic N) is 2. The van der Waals surface area contributed by atoms with Crippen molar-refractivity contribution in [1.82, 2.24) is 4.90 Å². The highest BCUT2D eigenvalue weighted by atomic mass is 19.1. The Morgan fingerprint density at radius 3 is 2.70 bits per heavy atom. The highest BCUT2D eigenvalue weighted by Gasteiger charge is 2.35. The van der Waals surface area contributed by atoms with E-state index in [1.165, 1.54) is 0 Å². The fourth-order valence-electron chi connectivity index (χ4n) is 2.24. The number of aliphatic carboxylic acids is 1. The van der Waals surface area contributed by atoms with Gasteiger partial charge in [-0.1, -0.05) is 0 Å². The molecule has 0 aromatic heterocycles. The summed E-state index contributed by atoms with van der Waals surface area (Å²) < 4.78 is 13.3. The van der Waals surface area contributed by atoms with Gasteiger partial charge in [0.1, 0.15) is 11.9 Å². The lowest BCUT2D eigenvalue weighted by Crippen LogP contribution is -2.40. The first-order valence-corrected chi connectivity index (χ1v) is 5.89. The molecule has 1 atom stereocenters. The van der Waals surface area contributed by atoms with Gasteiger partial charge in [0.05, 0.1) is 11.0 Å². The van der Waals surface area contributed by atoms with Crippen LogP contribution in [-0.2, 0) is 4.79 Å². The number of nitro groups is 1. The van der Waals surface area contributed by atoms with Crippen molar-refractivity contribution in [3.05, 3.63) is 39.7 Å². The van der Waals surface area contributed by atoms with Crippen molar-refractivity contribution in [2.75, 3.05) is 6.54 Å². The van der Waals surface area contributed by atoms with Crippen LogP contribution in [0.15, 0.2) is 18.2 Å². The van der Waals surface area contributed by atoms with Crippen LogP contribution in [0.1, 0.15) is 23.2 Å². The minimum Gasteiger partial charge on any atom is -0.480 e. The summed E-state index contributed by atoms with van der Waals surface area (Å²) >= 11 is 0. The van der Waals surface area contributed by atoms with Crippen molar-refractivity contribution >= 4 is 17.6 Å². The molecule has 0 saturated carbocycles. The molecule has 1 aromatic rings. The molecule has 1 saturated heterocycles. The van der Waals surface area contributed by atoms with Gasteiger partial charge in [0, 0.05) is 18.2 Å². The highest BCUT2D eigenvalue weighted by molar-refractivity contribution is 5.97. The predicted octanol–water partition coefficient (Wildman–Crippen LogP) is 1.42. The van der Waals surface area contributed by atoms with Gasteiger partial charge in [0.15, 0.2) is 0 Å². The van der Waals surface area contributed by atoms with Crippen molar-refractivity contribution in [2.45, 2.75) is 18.9 Å². The summed E-state index contributed by atoms with van der Waals surface area (Å²) in [6.45, 7) is 0.236. The number of non-ortho nitro benzene ring substituents is 1. The molecule has 0 bridgehead atoms. The fraction of sp³-hybridized carbons (Fsp3) is 0.333. The Morgan fingerprint density at radius 1 is 1.40 bits per heavy atom. The maximum absolute atomic E-state index is 13.3. The van der Waals surface area contributed by atoms with Gasteiger partial charge in [-0.3, -0.25) is 14.9 Å². The first-order chi connectivity index (χ1) is 9.40. The van der Waals surface area contributed by atoms with Gasteiger partial charge in [-0.2, -0.15) is 0 Å². The van der Waals surface area contributed by atoms with Crippen LogP contribution >= 0.6 is 0 Å². The Bertz CT molecular complexity index is 589. The molecule has 1 heterocycles. The minimum absolute atomic E-state index is 0.218. The van der Waals surface area contributed by atoms with Gasteiger partial charge < -0.3 is 10.0 Å². The van der Waals surface area contributed by atoms with Gasteiger partial charge in [-0.15, -0.1) is 0 Å². The van der Waals surface area contributed by atoms with Crippen LogP contribution in [-0.4, -0.2) is 39.4 Å². The van der Waals surface area contributed by atoms with E-state index in [9.17, 15) is 24.1 Å². The Morgan fingerprint density at radius 2 is 2.10 bits per heavy atom. The lowest BCUT2D eigenvalue weighted by molar-refractivity contribution is -0.385. The van der Waals surface area contributed by atoms with Gasteiger partial charge in [0.2, 0.25) is 0 Å². The van der Waals surface area contributed by atoms with Crippen molar-refractivity contribution in [1.29, 1.82) is 0 Å². The molecule has 1 amide bonds. The standard InChI is InChI=1S/C12H11FN2O5/c13-8-4-7(5-9(6-8)15(19)20)11(16)14-3-1-2-10(14)12(17)18/h4-6,10H,1-3H2,(H,17,18)/t10-/m0/s1. The van der Waals surface area contributed by atoms with E-state index in [0.29, 0.717) is 18.9 Å². The predicted molar refractivity (Wildman–Crippen MR) is 64.7 cm³/mol. The first-order valence-electron chi connectivity index (χ1n) is 5.89. The molecule has 20 heavy (non-hydrogen) atoms. The topological polar surface area (TPSA) is 101 Å². The van der Waals surface area contributed by atoms with Crippen LogP contribution in [0, 0.1) is 15.9 Å². The SMILES string of the molecule is O=C(O)[C@@H]1CCCN1C(=O)c1cc(F)cc([N+](=O)[O-])c1. The van der Waals surface area contributed by atoms with Gasteiger partial charge in [0.25, 0.3) is 11.6 Å². The Kier molecular flexibility index (Phi) is 3.64. The Hall–Kier alpha value is -2.51. The van der Waals surface area contributed by atoms with E-state index >= 15 is 0 Å². The third-order valence-corrected chi connectivity index (χ3v) is 3.14. The third-order valence-electron chi connectivity index (χ3n) is 3.14. The summed E-state index contributed by atoms with van der Waals surface area (Å²) in [6, 6.07) is 1.55. The van der Waals surface area contributed by atoms with Crippen LogP contribution < -0.4 is 0 Å². The maximum Gasteiger partial charge on any atom is 0.326 e. The molecule has 1 N–H and O–H groups in total. The van der Waals surface area contributed by atoms with Gasteiger partial charge in [-0.25, -0.2) is 9.18 Å². The minimum atomic E-state index is -1.14. The van der Waals surface area contributed by atoms with Crippen molar-refractivity contribution in [3.8, 4) is 0 Å². The van der Waals surface area contributed by atoms with Crippen LogP contribution in [0.2, 0.25) is 0 Å². The normalized spacial score (nSPS) is 18.1. The summed E-state index contributed by atoms with van der Waals surface area (Å²) in [6.07, 6.45) is 0.846. The molecule has 1 fully saturated rings. The quantitative estimate of drug-likeness (QED) is 0.667. The van der Waals surface area contributed by atoms with Crippen molar-refractivity contribution in [3.63, 3.8) is 0 Å². The second-order valence-electron chi connectivity index (χ2n) is 4.45. The third kappa shape index (κ3) is 2.58. The number of halogens is 1. The van der Waals surface area contributed by atoms with Gasteiger partial charge in [-0.05, 0) is 18.9 Å². The molecule has 106 valence electrons. The highest BCUT2D eigenvalue weighted by Crippen LogP contribution is 2.23. The van der Waals surface area contributed by atoms with E-state index in [0.717, 1.165) is 17.0 Å². The smallest absolute Gasteiger partial charge is 0.326 e. The van der Waals surface area contributed by atoms with Crippen molar-refractivity contribution in [2.24, 2.45) is 0 Å². The second kappa shape index (κ2) is 5.24. The van der Waals surface area contributed by atoms with E-state index < -0.39 is 34.3 Å². The molecule has 1 aliphatic heterocycles. The average Bonchev–Trinajstić information content (AvgIpc) is 2.86. The summed E-state index contributed by atoms with van der Waals surface area (Å²) in [7, 11) is 0. The number of hydrogen-bond acceptors (Lipinski definition) is 4. The Balaban J connectivity index is 2.33. The molecular formula is C12H11FN2O5. The molecule has 0 spiro atoms. The molecule has 0 unspecified atom stereocenters. The number of carbonyl (C=O) groups is 2. The summed E-state index contributed by atoms with van der Waals surface area (Å²) in [5, 5.41) is 19.6. The number of likely N-dealkylation sites (tertiary alicyclic amines) is 1. The number of rotatable bonds is 3. The molecule has 0 aliphatic carbocycles. The first kappa shape index (κ1) is 13.9. The lowest BCUT2D eigenvalue weighted by atomic mass is 10.1. The molecular weight excluding hydrogens is 271 g/mol. The fourth-order valence-corrected chi connectivity index (χ4v) is 2.24. The van der Waals surface area contributed by atoms with Gasteiger partial charge >= 0.3 is 5.97 Å². The average molecular weight is 282 g/mol. The van der Waals surface area contributed by atoms with E-state index in [-0.39, 0.29) is 12.1 Å². The maximum atomic E-state index is 13.3. The van der Waals surface area contributed by atoms with E-state index in [2.05, 4.69) is 0 Å². The summed E-state index contributed by atoms with van der Waals surface area (Å²) in [4.78, 5) is 34.1. The monoisotopic (exact) mass is 282 g/mol. The molecule has 7 nitrogen and oxygen atoms in total. The zero-order chi connectivity index (χ0) is 14.9. The van der Waals surface area contributed by atoms with E-state index in [4.69, 9.17) is 5.11 Å². The number of carboxylic acid groups (broad SMARTS) is 1. The van der Waals surface area contributed by atoms with E-state index in [1.54, 1.807) is 0 Å². The number of nitro benzene ring substituents is 1. The second-order valence-corrected chi connectivity index (χ2v) is 4.45.